The highest BCUT2D eigenvalue weighted by Gasteiger charge is 2.21. The minimum absolute atomic E-state index is 0.0412. The number of hydrogen-bond donors (Lipinski definition) is 1. The number of methoxy groups -OCH3 is 1. The fourth-order valence-corrected chi connectivity index (χ4v) is 3.36. The Morgan fingerprint density at radius 2 is 1.79 bits per heavy atom. The summed E-state index contributed by atoms with van der Waals surface area (Å²) >= 11 is 5.93. The third-order valence-electron chi connectivity index (χ3n) is 4.81. The first kappa shape index (κ1) is 20.7. The van der Waals surface area contributed by atoms with Crippen LogP contribution in [0, 0.1) is 0 Å². The van der Waals surface area contributed by atoms with Gasteiger partial charge in [-0.15, -0.1) is 0 Å². The number of nitrogens with one attached hydrogen (secondary N) is 1. The van der Waals surface area contributed by atoms with E-state index in [2.05, 4.69) is 5.32 Å². The number of benzene rings is 3. The normalized spacial score (nSPS) is 11.7. The van der Waals surface area contributed by atoms with Crippen molar-refractivity contribution in [2.24, 2.45) is 0 Å². The van der Waals surface area contributed by atoms with Gasteiger partial charge in [-0.25, -0.2) is 0 Å². The number of nitrogens with zero attached hydrogens (tertiary/aromatic N) is 1. The van der Waals surface area contributed by atoms with Crippen molar-refractivity contribution >= 4 is 39.9 Å². The van der Waals surface area contributed by atoms with Crippen LogP contribution in [-0.4, -0.2) is 37.4 Å². The maximum Gasteiger partial charge on any atom is 0.243 e. The van der Waals surface area contributed by atoms with Crippen molar-refractivity contribution in [3.8, 4) is 5.75 Å². The van der Waals surface area contributed by atoms with Gasteiger partial charge >= 0.3 is 0 Å². The van der Waals surface area contributed by atoms with Gasteiger partial charge in [0, 0.05) is 17.8 Å². The van der Waals surface area contributed by atoms with Gasteiger partial charge in [0.2, 0.25) is 11.8 Å². The molecule has 0 fully saturated rings. The average molecular weight is 411 g/mol. The predicted octanol–water partition coefficient (Wildman–Crippen LogP) is 4.70. The van der Waals surface area contributed by atoms with Crippen molar-refractivity contribution in [1.29, 1.82) is 0 Å². The number of amides is 2. The van der Waals surface area contributed by atoms with Crippen LogP contribution in [0.15, 0.2) is 60.7 Å². The molecule has 29 heavy (non-hydrogen) atoms. The molecule has 1 atom stereocenters. The summed E-state index contributed by atoms with van der Waals surface area (Å²) in [6.07, 6.45) is 0. The zero-order valence-electron chi connectivity index (χ0n) is 16.6. The molecule has 1 N–H and O–H groups in total. The molecule has 0 aliphatic heterocycles. The molecule has 0 heterocycles. The van der Waals surface area contributed by atoms with Gasteiger partial charge in [0.1, 0.15) is 5.75 Å². The van der Waals surface area contributed by atoms with Gasteiger partial charge in [0.15, 0.2) is 0 Å². The second-order valence-electron chi connectivity index (χ2n) is 6.95. The molecular formula is C23H23ClN2O3. The molecule has 0 saturated carbocycles. The summed E-state index contributed by atoms with van der Waals surface area (Å²) in [5, 5.41) is 5.37. The van der Waals surface area contributed by atoms with Gasteiger partial charge in [-0.2, -0.15) is 0 Å². The number of hydrogen-bond acceptors (Lipinski definition) is 3. The van der Waals surface area contributed by atoms with Crippen LogP contribution in [0.3, 0.4) is 0 Å². The van der Waals surface area contributed by atoms with E-state index in [1.54, 1.807) is 38.4 Å². The van der Waals surface area contributed by atoms with Crippen molar-refractivity contribution in [2.45, 2.75) is 12.8 Å². The van der Waals surface area contributed by atoms with Gasteiger partial charge in [0.05, 0.1) is 19.6 Å². The third kappa shape index (κ3) is 5.06. The minimum Gasteiger partial charge on any atom is -0.497 e. The number of rotatable bonds is 6. The van der Waals surface area contributed by atoms with E-state index < -0.39 is 0 Å². The van der Waals surface area contributed by atoms with E-state index in [0.29, 0.717) is 10.7 Å². The summed E-state index contributed by atoms with van der Waals surface area (Å²) in [4.78, 5) is 26.5. The average Bonchev–Trinajstić information content (AvgIpc) is 2.71. The van der Waals surface area contributed by atoms with Crippen LogP contribution < -0.4 is 10.1 Å². The summed E-state index contributed by atoms with van der Waals surface area (Å²) < 4.78 is 5.25. The lowest BCUT2D eigenvalue weighted by molar-refractivity contribution is -0.134. The first-order valence-electron chi connectivity index (χ1n) is 9.25. The first-order valence-corrected chi connectivity index (χ1v) is 9.63. The van der Waals surface area contributed by atoms with Crippen LogP contribution in [0.25, 0.3) is 10.8 Å². The molecule has 0 bridgehead atoms. The molecule has 3 rings (SSSR count). The standard InChI is InChI=1S/C23H23ClN2O3/c1-15(16-7-8-18-12-21(29-3)10-9-17(18)11-16)23(28)26(2)14-22(27)25-20-6-4-5-19(24)13-20/h4-13,15H,14H2,1-3H3,(H,25,27)/t15-/m0/s1. The summed E-state index contributed by atoms with van der Waals surface area (Å²) in [5.41, 5.74) is 1.50. The van der Waals surface area contributed by atoms with Crippen molar-refractivity contribution in [1.82, 2.24) is 4.90 Å². The van der Waals surface area contributed by atoms with Crippen LogP contribution in [0.5, 0.6) is 5.75 Å². The van der Waals surface area contributed by atoms with Gasteiger partial charge in [-0.3, -0.25) is 9.59 Å². The zero-order valence-corrected chi connectivity index (χ0v) is 17.4. The first-order chi connectivity index (χ1) is 13.9. The Bertz CT molecular complexity index is 1050. The van der Waals surface area contributed by atoms with Crippen LogP contribution in [0.1, 0.15) is 18.4 Å². The Balaban J connectivity index is 1.67. The Hall–Kier alpha value is -3.05. The number of ether oxygens (including phenoxy) is 1. The second-order valence-corrected chi connectivity index (χ2v) is 7.38. The molecule has 150 valence electrons. The van der Waals surface area contributed by atoms with Crippen LogP contribution in [0.4, 0.5) is 5.69 Å². The molecule has 6 heteroatoms. The second kappa shape index (κ2) is 8.97. The van der Waals surface area contributed by atoms with E-state index in [1.807, 2.05) is 43.3 Å². The lowest BCUT2D eigenvalue weighted by Crippen LogP contribution is -2.37. The van der Waals surface area contributed by atoms with Crippen molar-refractivity contribution in [3.05, 3.63) is 71.2 Å². The van der Waals surface area contributed by atoms with Gasteiger partial charge in [-0.05, 0) is 53.6 Å². The van der Waals surface area contributed by atoms with Crippen LogP contribution in [0.2, 0.25) is 5.02 Å². The van der Waals surface area contributed by atoms with Crippen LogP contribution in [-0.2, 0) is 9.59 Å². The Morgan fingerprint density at radius 1 is 1.07 bits per heavy atom. The number of carbonyl (C=O) groups excluding carboxylic acids is 2. The molecule has 0 aliphatic rings. The zero-order chi connectivity index (χ0) is 21.0. The molecule has 0 unspecified atom stereocenters. The molecule has 0 aromatic heterocycles. The topological polar surface area (TPSA) is 58.6 Å². The van der Waals surface area contributed by atoms with Gasteiger partial charge in [0.25, 0.3) is 0 Å². The summed E-state index contributed by atoms with van der Waals surface area (Å²) in [7, 11) is 3.26. The number of fused-ring (bicyclic) bond motifs is 1. The molecular weight excluding hydrogens is 388 g/mol. The van der Waals surface area contributed by atoms with E-state index in [4.69, 9.17) is 16.3 Å². The molecule has 0 spiro atoms. The number of likely N-dealkylation sites (N-methyl/N-ethyl adjacent to an activating group) is 1. The summed E-state index contributed by atoms with van der Waals surface area (Å²) in [6, 6.07) is 18.6. The van der Waals surface area contributed by atoms with Crippen molar-refractivity contribution in [3.63, 3.8) is 0 Å². The molecule has 3 aromatic carbocycles. The van der Waals surface area contributed by atoms with E-state index in [0.717, 1.165) is 22.1 Å². The molecule has 0 saturated heterocycles. The summed E-state index contributed by atoms with van der Waals surface area (Å²) in [5.74, 6) is 0.0188. The van der Waals surface area contributed by atoms with Crippen molar-refractivity contribution in [2.75, 3.05) is 26.0 Å². The molecule has 5 nitrogen and oxygen atoms in total. The van der Waals surface area contributed by atoms with E-state index in [9.17, 15) is 9.59 Å². The SMILES string of the molecule is COc1ccc2cc([C@H](C)C(=O)N(C)CC(=O)Nc3cccc(Cl)c3)ccc2c1. The van der Waals surface area contributed by atoms with E-state index in [-0.39, 0.29) is 24.3 Å². The van der Waals surface area contributed by atoms with E-state index in [1.165, 1.54) is 4.90 Å². The quantitative estimate of drug-likeness (QED) is 0.640. The Morgan fingerprint density at radius 3 is 2.52 bits per heavy atom. The minimum atomic E-state index is -0.370. The largest absolute Gasteiger partial charge is 0.497 e. The lowest BCUT2D eigenvalue weighted by Gasteiger charge is -2.21. The highest BCUT2D eigenvalue weighted by atomic mass is 35.5. The Kier molecular flexibility index (Phi) is 6.39. The third-order valence-corrected chi connectivity index (χ3v) is 5.04. The lowest BCUT2D eigenvalue weighted by atomic mass is 9.96. The predicted molar refractivity (Wildman–Crippen MR) is 117 cm³/mol. The monoisotopic (exact) mass is 410 g/mol. The molecule has 0 aliphatic carbocycles. The fraction of sp³-hybridized carbons (Fsp3) is 0.217. The molecule has 0 radical (unpaired) electrons. The highest BCUT2D eigenvalue weighted by Crippen LogP contribution is 2.26. The van der Waals surface area contributed by atoms with Gasteiger partial charge in [-0.1, -0.05) is 41.9 Å². The maximum absolute atomic E-state index is 12.8. The number of halogens is 1. The van der Waals surface area contributed by atoms with Gasteiger partial charge < -0.3 is 15.0 Å². The number of anilines is 1. The van der Waals surface area contributed by atoms with E-state index >= 15 is 0 Å². The molecule has 3 aromatic rings. The highest BCUT2D eigenvalue weighted by molar-refractivity contribution is 6.30. The smallest absolute Gasteiger partial charge is 0.243 e. The van der Waals surface area contributed by atoms with Crippen LogP contribution >= 0.6 is 11.6 Å². The fourth-order valence-electron chi connectivity index (χ4n) is 3.17. The summed E-state index contributed by atoms with van der Waals surface area (Å²) in [6.45, 7) is 1.80. The number of carbonyl (C=O) groups is 2. The molecule has 2 amide bonds. The Labute approximate surface area is 175 Å². The maximum atomic E-state index is 12.8. The van der Waals surface area contributed by atoms with Crippen molar-refractivity contribution < 1.29 is 14.3 Å².